The molecule has 0 fully saturated rings. The van der Waals surface area contributed by atoms with E-state index in [9.17, 15) is 8.42 Å². The summed E-state index contributed by atoms with van der Waals surface area (Å²) < 4.78 is 23.9. The number of rotatable bonds is 5. The van der Waals surface area contributed by atoms with Gasteiger partial charge in [0, 0.05) is 0 Å². The van der Waals surface area contributed by atoms with Gasteiger partial charge in [-0.15, -0.1) is 0 Å². The second-order valence-electron chi connectivity index (χ2n) is 4.67. The largest absolute Gasteiger partial charge is 0.256 e. The minimum absolute atomic E-state index is 0.153. The van der Waals surface area contributed by atoms with Gasteiger partial charge in [-0.2, -0.15) is 5.10 Å². The van der Waals surface area contributed by atoms with Gasteiger partial charge in [-0.3, -0.25) is 0 Å². The van der Waals surface area contributed by atoms with Crippen LogP contribution in [0.2, 0.25) is 0 Å². The summed E-state index contributed by atoms with van der Waals surface area (Å²) in [5, 5.41) is 10.7. The van der Waals surface area contributed by atoms with E-state index in [0.717, 1.165) is 0 Å². The number of allylic oxidation sites excluding steroid dienone is 5. The monoisotopic (exact) mass is 329 g/mol. The molecule has 21 heavy (non-hydrogen) atoms. The van der Waals surface area contributed by atoms with E-state index in [1.165, 1.54) is 5.01 Å². The van der Waals surface area contributed by atoms with E-state index in [1.54, 1.807) is 24.3 Å². The molecule has 0 aromatic rings. The molecule has 1 aliphatic rings. The molecule has 1 atom stereocenters. The summed E-state index contributed by atoms with van der Waals surface area (Å²) in [6, 6.07) is 0. The standard InChI is InChI=1S/C14H20ClN3O2S/c1-5-7-12-9-8-11(4)18(17-12)14(21(16,19)20)13(15)10(3)6-2/h5,7-10H,4,6H2,1-3H3,(H2,16,19,20)/b7-5+,14-13-/t10-/m1/s1. The summed E-state index contributed by atoms with van der Waals surface area (Å²) in [4.78, 5) is 0. The summed E-state index contributed by atoms with van der Waals surface area (Å²) in [6.07, 6.45) is 7.62. The lowest BCUT2D eigenvalue weighted by Gasteiger charge is -2.26. The van der Waals surface area contributed by atoms with Gasteiger partial charge in [-0.05, 0) is 37.5 Å². The molecular formula is C14H20ClN3O2S. The van der Waals surface area contributed by atoms with E-state index in [0.29, 0.717) is 17.8 Å². The van der Waals surface area contributed by atoms with E-state index >= 15 is 0 Å². The normalized spacial score (nSPS) is 18.8. The molecule has 0 radical (unpaired) electrons. The van der Waals surface area contributed by atoms with Crippen molar-refractivity contribution in [1.29, 1.82) is 0 Å². The van der Waals surface area contributed by atoms with Crippen LogP contribution < -0.4 is 5.14 Å². The fraction of sp³-hybridized carbons (Fsp3) is 0.357. The smallest absolute Gasteiger partial charge is 0.223 e. The summed E-state index contributed by atoms with van der Waals surface area (Å²) in [7, 11) is -4.04. The molecule has 5 nitrogen and oxygen atoms in total. The van der Waals surface area contributed by atoms with Gasteiger partial charge < -0.3 is 0 Å². The van der Waals surface area contributed by atoms with Gasteiger partial charge in [0.1, 0.15) is 0 Å². The lowest BCUT2D eigenvalue weighted by atomic mass is 10.1. The molecule has 0 saturated heterocycles. The van der Waals surface area contributed by atoms with Crippen LogP contribution >= 0.6 is 11.6 Å². The lowest BCUT2D eigenvalue weighted by Crippen LogP contribution is -2.30. The number of nitrogens with two attached hydrogens (primary N) is 1. The first kappa shape index (κ1) is 17.7. The maximum atomic E-state index is 11.9. The first-order valence-corrected chi connectivity index (χ1v) is 8.45. The fourth-order valence-corrected chi connectivity index (χ4v) is 3.08. The third-order valence-electron chi connectivity index (χ3n) is 2.98. The molecule has 116 valence electrons. The number of hydrogen-bond acceptors (Lipinski definition) is 4. The summed E-state index contributed by atoms with van der Waals surface area (Å²) in [6.45, 7) is 9.36. The molecule has 2 N–H and O–H groups in total. The van der Waals surface area contributed by atoms with Crippen LogP contribution in [-0.2, 0) is 10.0 Å². The van der Waals surface area contributed by atoms with Crippen molar-refractivity contribution in [2.24, 2.45) is 16.2 Å². The van der Waals surface area contributed by atoms with Crippen molar-refractivity contribution in [3.63, 3.8) is 0 Å². The summed E-state index contributed by atoms with van der Waals surface area (Å²) in [5.41, 5.74) is 0.966. The Morgan fingerprint density at radius 3 is 2.67 bits per heavy atom. The van der Waals surface area contributed by atoms with Crippen LogP contribution in [0.15, 0.2) is 51.7 Å². The molecule has 0 aromatic heterocycles. The van der Waals surface area contributed by atoms with Crippen molar-refractivity contribution >= 4 is 27.3 Å². The minimum Gasteiger partial charge on any atom is -0.223 e. The highest BCUT2D eigenvalue weighted by molar-refractivity contribution is 7.93. The van der Waals surface area contributed by atoms with Crippen molar-refractivity contribution in [2.45, 2.75) is 27.2 Å². The van der Waals surface area contributed by atoms with Gasteiger partial charge in [-0.1, -0.05) is 38.1 Å². The Morgan fingerprint density at radius 1 is 1.57 bits per heavy atom. The molecule has 0 bridgehead atoms. The predicted octanol–water partition coefficient (Wildman–Crippen LogP) is 3.05. The van der Waals surface area contributed by atoms with Gasteiger partial charge in [-0.25, -0.2) is 18.6 Å². The Bertz CT molecular complexity index is 645. The quantitative estimate of drug-likeness (QED) is 0.842. The molecule has 1 heterocycles. The van der Waals surface area contributed by atoms with Crippen molar-refractivity contribution in [1.82, 2.24) is 5.01 Å². The van der Waals surface area contributed by atoms with Gasteiger partial charge >= 0.3 is 0 Å². The van der Waals surface area contributed by atoms with E-state index < -0.39 is 10.0 Å². The van der Waals surface area contributed by atoms with Crippen molar-refractivity contribution in [3.05, 3.63) is 46.6 Å². The van der Waals surface area contributed by atoms with Crippen molar-refractivity contribution in [3.8, 4) is 0 Å². The molecular weight excluding hydrogens is 310 g/mol. The van der Waals surface area contributed by atoms with Gasteiger partial charge in [0.15, 0.2) is 5.03 Å². The zero-order valence-electron chi connectivity index (χ0n) is 12.4. The molecule has 0 saturated carbocycles. The van der Waals surface area contributed by atoms with Crippen LogP contribution in [0.4, 0.5) is 0 Å². The molecule has 0 spiro atoms. The third kappa shape index (κ3) is 4.30. The van der Waals surface area contributed by atoms with E-state index in [2.05, 4.69) is 11.7 Å². The highest BCUT2D eigenvalue weighted by Gasteiger charge is 2.28. The second kappa shape index (κ2) is 7.06. The molecule has 0 amide bonds. The SMILES string of the molecule is C=C1C=CC(/C=C/C)=NN1/C(=C(/Cl)[C@H](C)CC)S(N)(=O)=O. The number of nitrogens with zero attached hydrogens (tertiary/aromatic N) is 2. The topological polar surface area (TPSA) is 75.8 Å². The van der Waals surface area contributed by atoms with E-state index in [4.69, 9.17) is 16.7 Å². The number of hydrogen-bond donors (Lipinski definition) is 1. The maximum Gasteiger partial charge on any atom is 0.256 e. The Labute approximate surface area is 131 Å². The van der Waals surface area contributed by atoms with Crippen LogP contribution in [0.5, 0.6) is 0 Å². The van der Waals surface area contributed by atoms with Gasteiger partial charge in [0.2, 0.25) is 0 Å². The third-order valence-corrected chi connectivity index (χ3v) is 4.58. The lowest BCUT2D eigenvalue weighted by molar-refractivity contribution is 0.474. The first-order valence-electron chi connectivity index (χ1n) is 6.53. The molecule has 0 aliphatic carbocycles. The first-order chi connectivity index (χ1) is 9.72. The zero-order valence-corrected chi connectivity index (χ0v) is 13.9. The molecule has 7 heteroatoms. The van der Waals surface area contributed by atoms with Crippen LogP contribution in [0.25, 0.3) is 0 Å². The van der Waals surface area contributed by atoms with Crippen molar-refractivity contribution < 1.29 is 8.42 Å². The second-order valence-corrected chi connectivity index (χ2v) is 6.55. The zero-order chi connectivity index (χ0) is 16.2. The predicted molar refractivity (Wildman–Crippen MR) is 87.8 cm³/mol. The Hall–Kier alpha value is -1.37. The van der Waals surface area contributed by atoms with Crippen LogP contribution in [0, 0.1) is 5.92 Å². The number of primary sulfonamides is 1. The van der Waals surface area contributed by atoms with Gasteiger partial charge in [0.25, 0.3) is 10.0 Å². The Kier molecular flexibility index (Phi) is 5.95. The number of hydrazone groups is 1. The average molecular weight is 330 g/mol. The molecule has 0 aromatic carbocycles. The minimum atomic E-state index is -4.04. The van der Waals surface area contributed by atoms with Crippen LogP contribution in [-0.4, -0.2) is 19.1 Å². The fourth-order valence-electron chi connectivity index (χ4n) is 1.65. The molecule has 1 rings (SSSR count). The Morgan fingerprint density at radius 2 is 2.19 bits per heavy atom. The number of halogens is 1. The van der Waals surface area contributed by atoms with Crippen LogP contribution in [0.3, 0.4) is 0 Å². The summed E-state index contributed by atoms with van der Waals surface area (Å²) >= 11 is 6.23. The highest BCUT2D eigenvalue weighted by atomic mass is 35.5. The van der Waals surface area contributed by atoms with E-state index in [-0.39, 0.29) is 16.0 Å². The van der Waals surface area contributed by atoms with E-state index in [1.807, 2.05) is 20.8 Å². The highest BCUT2D eigenvalue weighted by Crippen LogP contribution is 2.30. The van der Waals surface area contributed by atoms with Crippen LogP contribution in [0.1, 0.15) is 27.2 Å². The molecule has 1 aliphatic heterocycles. The maximum absolute atomic E-state index is 11.9. The number of sulfonamides is 1. The van der Waals surface area contributed by atoms with Gasteiger partial charge in [0.05, 0.1) is 16.4 Å². The Balaban J connectivity index is 3.47. The average Bonchev–Trinajstić information content (AvgIpc) is 2.40. The van der Waals surface area contributed by atoms with Crippen molar-refractivity contribution in [2.75, 3.05) is 0 Å². The molecule has 0 unspecified atom stereocenters. The summed E-state index contributed by atoms with van der Waals surface area (Å²) in [5.74, 6) is -0.154.